The molecule has 5 heteroatoms. The van der Waals surface area contributed by atoms with Crippen LogP contribution in [0.4, 0.5) is 0 Å². The van der Waals surface area contributed by atoms with Crippen molar-refractivity contribution < 1.29 is 9.53 Å². The summed E-state index contributed by atoms with van der Waals surface area (Å²) < 4.78 is 7.86. The van der Waals surface area contributed by atoms with Crippen molar-refractivity contribution in [2.45, 2.75) is 136 Å². The van der Waals surface area contributed by atoms with Crippen LogP contribution in [0.5, 0.6) is 0 Å². The Morgan fingerprint density at radius 2 is 1.44 bits per heavy atom. The molecule has 2 unspecified atom stereocenters. The number of carbonyl (C=O) groups is 1. The highest BCUT2D eigenvalue weighted by Gasteiger charge is 2.19. The molecule has 0 bridgehead atoms. The number of carbonyl (C=O) groups excluding carboxylic acids is 1. The van der Waals surface area contributed by atoms with Crippen molar-refractivity contribution in [3.8, 4) is 0 Å². The minimum absolute atomic E-state index is 0.0683. The van der Waals surface area contributed by atoms with Crippen LogP contribution in [-0.2, 0) is 9.53 Å². The molecule has 1 aromatic heterocycles. The van der Waals surface area contributed by atoms with Crippen molar-refractivity contribution in [3.63, 3.8) is 0 Å². The van der Waals surface area contributed by atoms with Crippen LogP contribution in [0.3, 0.4) is 0 Å². The molecule has 0 radical (unpaired) electrons. The lowest BCUT2D eigenvalue weighted by Crippen LogP contribution is -2.20. The molecule has 1 N–H and O–H groups in total. The minimum Gasteiger partial charge on any atom is -0.465 e. The molecule has 0 saturated heterocycles. The first-order valence-corrected chi connectivity index (χ1v) is 14.5. The van der Waals surface area contributed by atoms with Crippen LogP contribution in [0.25, 0.3) is 0 Å². The van der Waals surface area contributed by atoms with Gasteiger partial charge in [-0.2, -0.15) is 0 Å². The second-order valence-corrected chi connectivity index (χ2v) is 10.1. The average molecular weight is 478 g/mol. The summed E-state index contributed by atoms with van der Waals surface area (Å²) in [7, 11) is 0. The molecular weight excluding hydrogens is 422 g/mol. The predicted octanol–water partition coefficient (Wildman–Crippen LogP) is 7.86. The molecule has 1 aromatic rings. The van der Waals surface area contributed by atoms with Gasteiger partial charge in [0.1, 0.15) is 0 Å². The molecule has 0 amide bonds. The number of hydrogen-bond acceptors (Lipinski definition) is 4. The third-order valence-electron chi connectivity index (χ3n) is 6.91. The molecule has 1 rings (SSSR count). The third-order valence-corrected chi connectivity index (χ3v) is 6.91. The summed E-state index contributed by atoms with van der Waals surface area (Å²) in [4.78, 5) is 16.8. The lowest BCUT2D eigenvalue weighted by atomic mass is 9.94. The van der Waals surface area contributed by atoms with Crippen molar-refractivity contribution in [1.82, 2.24) is 14.9 Å². The maximum absolute atomic E-state index is 12.7. The van der Waals surface area contributed by atoms with E-state index in [4.69, 9.17) is 4.74 Å². The standard InChI is InChI=1S/C29H55N3O2/c1-4-6-8-10-11-15-19-28(18-14-9-7-5-2)29(33)34-25-17-13-12-16-21-30-22-20-27(3)32-24-23-31-26-32/h23-24,26-28,30H,4-22,25H2,1-3H3. The van der Waals surface area contributed by atoms with E-state index in [1.54, 1.807) is 0 Å². The van der Waals surface area contributed by atoms with Gasteiger partial charge in [-0.15, -0.1) is 0 Å². The van der Waals surface area contributed by atoms with E-state index in [9.17, 15) is 4.79 Å². The summed E-state index contributed by atoms with van der Waals surface area (Å²) in [5.74, 6) is 0.190. The number of nitrogens with zero attached hydrogens (tertiary/aromatic N) is 2. The molecule has 0 aliphatic carbocycles. The summed E-state index contributed by atoms with van der Waals surface area (Å²) in [6.45, 7) is 9.42. The van der Waals surface area contributed by atoms with Gasteiger partial charge in [-0.1, -0.05) is 90.9 Å². The van der Waals surface area contributed by atoms with E-state index in [0.717, 1.165) is 51.6 Å². The first kappa shape index (κ1) is 30.7. The number of aromatic nitrogens is 2. The highest BCUT2D eigenvalue weighted by molar-refractivity contribution is 5.72. The fourth-order valence-corrected chi connectivity index (χ4v) is 4.48. The van der Waals surface area contributed by atoms with Crippen molar-refractivity contribution in [3.05, 3.63) is 18.7 Å². The molecule has 198 valence electrons. The minimum atomic E-state index is 0.0683. The Kier molecular flexibility index (Phi) is 20.0. The first-order chi connectivity index (χ1) is 16.7. The van der Waals surface area contributed by atoms with Crippen LogP contribution in [-0.4, -0.2) is 35.2 Å². The van der Waals surface area contributed by atoms with Gasteiger partial charge in [0.15, 0.2) is 0 Å². The normalized spacial score (nSPS) is 13.1. The summed E-state index contributed by atoms with van der Waals surface area (Å²) in [6, 6.07) is 0.487. The van der Waals surface area contributed by atoms with Crippen LogP contribution >= 0.6 is 0 Å². The number of hydrogen-bond donors (Lipinski definition) is 1. The van der Waals surface area contributed by atoms with Gasteiger partial charge in [0.05, 0.1) is 18.9 Å². The zero-order chi connectivity index (χ0) is 24.7. The molecule has 0 saturated carbocycles. The predicted molar refractivity (Wildman–Crippen MR) is 144 cm³/mol. The smallest absolute Gasteiger partial charge is 0.308 e. The van der Waals surface area contributed by atoms with Gasteiger partial charge >= 0.3 is 5.97 Å². The monoisotopic (exact) mass is 477 g/mol. The van der Waals surface area contributed by atoms with Gasteiger partial charge in [-0.3, -0.25) is 4.79 Å². The van der Waals surface area contributed by atoms with Gasteiger partial charge in [0, 0.05) is 18.4 Å². The summed E-state index contributed by atoms with van der Waals surface area (Å²) in [5, 5.41) is 3.55. The van der Waals surface area contributed by atoms with Crippen molar-refractivity contribution >= 4 is 5.97 Å². The van der Waals surface area contributed by atoms with E-state index < -0.39 is 0 Å². The molecule has 1 heterocycles. The number of ether oxygens (including phenoxy) is 1. The van der Waals surface area contributed by atoms with Gasteiger partial charge in [0.2, 0.25) is 0 Å². The molecule has 0 spiro atoms. The zero-order valence-corrected chi connectivity index (χ0v) is 22.7. The van der Waals surface area contributed by atoms with Crippen molar-refractivity contribution in [1.29, 1.82) is 0 Å². The van der Waals surface area contributed by atoms with Crippen LogP contribution in [0.1, 0.15) is 136 Å². The Labute approximate surface area is 210 Å². The van der Waals surface area contributed by atoms with E-state index in [2.05, 4.69) is 35.6 Å². The van der Waals surface area contributed by atoms with E-state index in [-0.39, 0.29) is 11.9 Å². The quantitative estimate of drug-likeness (QED) is 0.122. The summed E-state index contributed by atoms with van der Waals surface area (Å²) >= 11 is 0. The average Bonchev–Trinajstić information content (AvgIpc) is 3.38. The van der Waals surface area contributed by atoms with Gasteiger partial charge in [-0.05, 0) is 52.1 Å². The Morgan fingerprint density at radius 3 is 2.12 bits per heavy atom. The van der Waals surface area contributed by atoms with E-state index in [0.29, 0.717) is 12.6 Å². The number of imidazole rings is 1. The Hall–Kier alpha value is -1.36. The van der Waals surface area contributed by atoms with Crippen LogP contribution < -0.4 is 5.32 Å². The number of nitrogens with one attached hydrogen (secondary N) is 1. The van der Waals surface area contributed by atoms with Gasteiger partial charge in [0.25, 0.3) is 0 Å². The zero-order valence-electron chi connectivity index (χ0n) is 22.7. The second kappa shape index (κ2) is 22.1. The lowest BCUT2D eigenvalue weighted by Gasteiger charge is -2.16. The molecule has 0 aliphatic heterocycles. The topological polar surface area (TPSA) is 56.1 Å². The van der Waals surface area contributed by atoms with Crippen molar-refractivity contribution in [2.75, 3.05) is 19.7 Å². The fraction of sp³-hybridized carbons (Fsp3) is 0.862. The Balaban J connectivity index is 2.06. The van der Waals surface area contributed by atoms with E-state index in [1.165, 1.54) is 70.6 Å². The lowest BCUT2D eigenvalue weighted by molar-refractivity contribution is -0.149. The fourth-order valence-electron chi connectivity index (χ4n) is 4.48. The Morgan fingerprint density at radius 1 is 0.824 bits per heavy atom. The molecule has 2 atom stereocenters. The van der Waals surface area contributed by atoms with E-state index >= 15 is 0 Å². The van der Waals surface area contributed by atoms with E-state index in [1.807, 2.05) is 18.7 Å². The molecule has 0 fully saturated rings. The molecule has 5 nitrogen and oxygen atoms in total. The molecule has 0 aliphatic rings. The molecule has 34 heavy (non-hydrogen) atoms. The number of rotatable bonds is 24. The number of esters is 1. The summed E-state index contributed by atoms with van der Waals surface area (Å²) in [5.41, 5.74) is 0. The number of unbranched alkanes of at least 4 members (excludes halogenated alkanes) is 11. The SMILES string of the molecule is CCCCCCCCC(CCCCCC)C(=O)OCCCCCCNCCC(C)n1ccnc1. The van der Waals surface area contributed by atoms with Gasteiger partial charge in [-0.25, -0.2) is 4.98 Å². The largest absolute Gasteiger partial charge is 0.465 e. The van der Waals surface area contributed by atoms with Crippen LogP contribution in [0.2, 0.25) is 0 Å². The first-order valence-electron chi connectivity index (χ1n) is 14.5. The van der Waals surface area contributed by atoms with Crippen LogP contribution in [0, 0.1) is 5.92 Å². The Bertz CT molecular complexity index is 562. The highest BCUT2D eigenvalue weighted by atomic mass is 16.5. The third kappa shape index (κ3) is 16.3. The molecule has 0 aromatic carbocycles. The van der Waals surface area contributed by atoms with Crippen molar-refractivity contribution in [2.24, 2.45) is 5.92 Å². The highest BCUT2D eigenvalue weighted by Crippen LogP contribution is 2.20. The molecular formula is C29H55N3O2. The second-order valence-electron chi connectivity index (χ2n) is 10.1. The maximum atomic E-state index is 12.7. The van der Waals surface area contributed by atoms with Gasteiger partial charge < -0.3 is 14.6 Å². The summed E-state index contributed by atoms with van der Waals surface area (Å²) in [6.07, 6.45) is 26.0. The maximum Gasteiger partial charge on any atom is 0.308 e. The van der Waals surface area contributed by atoms with Crippen LogP contribution in [0.15, 0.2) is 18.7 Å².